The lowest BCUT2D eigenvalue weighted by molar-refractivity contribution is 0.729. The van der Waals surface area contributed by atoms with E-state index in [9.17, 15) is 0 Å². The summed E-state index contributed by atoms with van der Waals surface area (Å²) in [6.45, 7) is 6.35. The van der Waals surface area contributed by atoms with E-state index in [0.717, 1.165) is 30.4 Å². The molecule has 0 amide bonds. The van der Waals surface area contributed by atoms with Crippen molar-refractivity contribution in [1.29, 1.82) is 0 Å². The van der Waals surface area contributed by atoms with Crippen molar-refractivity contribution in [2.45, 2.75) is 32.7 Å². The van der Waals surface area contributed by atoms with Gasteiger partial charge in [0, 0.05) is 25.3 Å². The Morgan fingerprint density at radius 3 is 2.69 bits per heavy atom. The Morgan fingerprint density at radius 1 is 1.50 bits per heavy atom. The van der Waals surface area contributed by atoms with E-state index in [4.69, 9.17) is 5.73 Å². The highest BCUT2D eigenvalue weighted by atomic mass is 15.2. The van der Waals surface area contributed by atoms with Gasteiger partial charge in [-0.25, -0.2) is 4.98 Å². The molecule has 1 aromatic heterocycles. The van der Waals surface area contributed by atoms with Gasteiger partial charge in [0.15, 0.2) is 0 Å². The van der Waals surface area contributed by atoms with Gasteiger partial charge >= 0.3 is 0 Å². The summed E-state index contributed by atoms with van der Waals surface area (Å²) in [6.07, 6.45) is 4.67. The van der Waals surface area contributed by atoms with E-state index >= 15 is 0 Å². The lowest BCUT2D eigenvalue weighted by Crippen LogP contribution is -2.26. The van der Waals surface area contributed by atoms with E-state index in [0.29, 0.717) is 0 Å². The predicted molar refractivity (Wildman–Crippen MR) is 67.5 cm³/mol. The number of aromatic nitrogens is 1. The van der Waals surface area contributed by atoms with Crippen LogP contribution in [0.2, 0.25) is 0 Å². The van der Waals surface area contributed by atoms with E-state index in [1.165, 1.54) is 12.8 Å². The Hall–Kier alpha value is -1.09. The molecule has 0 aromatic carbocycles. The van der Waals surface area contributed by atoms with Crippen LogP contribution in [0.5, 0.6) is 0 Å². The summed E-state index contributed by atoms with van der Waals surface area (Å²) in [4.78, 5) is 6.85. The van der Waals surface area contributed by atoms with Gasteiger partial charge < -0.3 is 10.6 Å². The molecule has 1 saturated carbocycles. The van der Waals surface area contributed by atoms with Crippen molar-refractivity contribution < 1.29 is 0 Å². The second-order valence-electron chi connectivity index (χ2n) is 4.72. The molecule has 0 aliphatic heterocycles. The van der Waals surface area contributed by atoms with Gasteiger partial charge in [-0.1, -0.05) is 6.07 Å². The quantitative estimate of drug-likeness (QED) is 0.826. The fraction of sp³-hybridized carbons (Fsp3) is 0.615. The van der Waals surface area contributed by atoms with Gasteiger partial charge in [-0.2, -0.15) is 0 Å². The van der Waals surface area contributed by atoms with Gasteiger partial charge in [-0.3, -0.25) is 0 Å². The van der Waals surface area contributed by atoms with Crippen LogP contribution in [0.1, 0.15) is 38.3 Å². The third kappa shape index (κ3) is 2.73. The Bertz CT molecular complexity index is 328. The normalized spacial score (nSPS) is 17.2. The first-order chi connectivity index (χ1) is 7.70. The molecule has 0 bridgehead atoms. The van der Waals surface area contributed by atoms with E-state index in [2.05, 4.69) is 28.9 Å². The summed E-state index contributed by atoms with van der Waals surface area (Å²) in [7, 11) is 0. The van der Waals surface area contributed by atoms with Crippen LogP contribution in [0, 0.1) is 5.92 Å². The summed E-state index contributed by atoms with van der Waals surface area (Å²) in [6, 6.07) is 4.24. The van der Waals surface area contributed by atoms with Crippen molar-refractivity contribution in [3.05, 3.63) is 23.9 Å². The maximum Gasteiger partial charge on any atom is 0.128 e. The largest absolute Gasteiger partial charge is 0.357 e. The third-order valence-corrected chi connectivity index (χ3v) is 3.18. The van der Waals surface area contributed by atoms with E-state index < -0.39 is 0 Å². The molecule has 0 radical (unpaired) electrons. The maximum atomic E-state index is 5.81. The van der Waals surface area contributed by atoms with Gasteiger partial charge in [-0.15, -0.1) is 0 Å². The molecular formula is C13H21N3. The molecule has 1 aromatic rings. The van der Waals surface area contributed by atoms with E-state index in [-0.39, 0.29) is 6.04 Å². The van der Waals surface area contributed by atoms with Crippen LogP contribution >= 0.6 is 0 Å². The zero-order chi connectivity index (χ0) is 11.5. The molecule has 3 heteroatoms. The van der Waals surface area contributed by atoms with Gasteiger partial charge in [-0.05, 0) is 44.2 Å². The Labute approximate surface area is 97.7 Å². The van der Waals surface area contributed by atoms with Crippen molar-refractivity contribution in [1.82, 2.24) is 4.98 Å². The van der Waals surface area contributed by atoms with Crippen molar-refractivity contribution in [3.8, 4) is 0 Å². The Kier molecular flexibility index (Phi) is 3.44. The second-order valence-corrected chi connectivity index (χ2v) is 4.72. The summed E-state index contributed by atoms with van der Waals surface area (Å²) >= 11 is 0. The zero-order valence-corrected chi connectivity index (χ0v) is 10.2. The van der Waals surface area contributed by atoms with E-state index in [1.54, 1.807) is 0 Å². The van der Waals surface area contributed by atoms with E-state index in [1.807, 2.05) is 13.1 Å². The minimum atomic E-state index is 0.0695. The minimum absolute atomic E-state index is 0.0695. The standard InChI is InChI=1S/C13H21N3/c1-3-16(9-11-4-5-11)13-7-6-12(8-15-13)10(2)14/h6-8,10-11H,3-5,9,14H2,1-2H3/t10-/m1/s1. The van der Waals surface area contributed by atoms with Gasteiger partial charge in [0.1, 0.15) is 5.82 Å². The second kappa shape index (κ2) is 4.83. The van der Waals surface area contributed by atoms with Gasteiger partial charge in [0.2, 0.25) is 0 Å². The maximum absolute atomic E-state index is 5.81. The van der Waals surface area contributed by atoms with Crippen molar-refractivity contribution in [2.75, 3.05) is 18.0 Å². The number of hydrogen-bond acceptors (Lipinski definition) is 3. The summed E-state index contributed by atoms with van der Waals surface area (Å²) in [5, 5.41) is 0. The average Bonchev–Trinajstić information content (AvgIpc) is 3.10. The van der Waals surface area contributed by atoms with Gasteiger partial charge in [0.25, 0.3) is 0 Å². The van der Waals surface area contributed by atoms with Crippen molar-refractivity contribution >= 4 is 5.82 Å². The molecule has 1 atom stereocenters. The molecule has 1 aliphatic rings. The van der Waals surface area contributed by atoms with Crippen LogP contribution in [-0.4, -0.2) is 18.1 Å². The molecular weight excluding hydrogens is 198 g/mol. The van der Waals surface area contributed by atoms with Crippen molar-refractivity contribution in [2.24, 2.45) is 11.7 Å². The van der Waals surface area contributed by atoms with Crippen LogP contribution < -0.4 is 10.6 Å². The summed E-state index contributed by atoms with van der Waals surface area (Å²) < 4.78 is 0. The number of nitrogens with zero attached hydrogens (tertiary/aromatic N) is 2. The number of nitrogens with two attached hydrogens (primary N) is 1. The van der Waals surface area contributed by atoms with Gasteiger partial charge in [0.05, 0.1) is 0 Å². The molecule has 16 heavy (non-hydrogen) atoms. The number of anilines is 1. The van der Waals surface area contributed by atoms with Crippen molar-refractivity contribution in [3.63, 3.8) is 0 Å². The summed E-state index contributed by atoms with van der Waals surface area (Å²) in [5.74, 6) is 1.98. The third-order valence-electron chi connectivity index (χ3n) is 3.18. The topological polar surface area (TPSA) is 42.1 Å². The van der Waals surface area contributed by atoms with Crippen LogP contribution in [0.3, 0.4) is 0 Å². The molecule has 3 nitrogen and oxygen atoms in total. The average molecular weight is 219 g/mol. The molecule has 1 fully saturated rings. The minimum Gasteiger partial charge on any atom is -0.357 e. The highest BCUT2D eigenvalue weighted by molar-refractivity contribution is 5.39. The predicted octanol–water partition coefficient (Wildman–Crippen LogP) is 2.34. The van der Waals surface area contributed by atoms with Crippen LogP contribution in [0.25, 0.3) is 0 Å². The molecule has 88 valence electrons. The summed E-state index contributed by atoms with van der Waals surface area (Å²) in [5.41, 5.74) is 6.91. The molecule has 0 saturated heterocycles. The first-order valence-electron chi connectivity index (χ1n) is 6.17. The molecule has 0 unspecified atom stereocenters. The molecule has 2 N–H and O–H groups in total. The SMILES string of the molecule is CCN(CC1CC1)c1ccc([C@@H](C)N)cn1. The number of hydrogen-bond donors (Lipinski definition) is 1. The fourth-order valence-electron chi connectivity index (χ4n) is 1.85. The smallest absolute Gasteiger partial charge is 0.128 e. The molecule has 0 spiro atoms. The highest BCUT2D eigenvalue weighted by Gasteiger charge is 2.24. The molecule has 2 rings (SSSR count). The Balaban J connectivity index is 2.05. The van der Waals surface area contributed by atoms with Crippen LogP contribution in [-0.2, 0) is 0 Å². The fourth-order valence-corrected chi connectivity index (χ4v) is 1.85. The molecule has 1 aliphatic carbocycles. The lowest BCUT2D eigenvalue weighted by atomic mass is 10.1. The Morgan fingerprint density at radius 2 is 2.25 bits per heavy atom. The lowest BCUT2D eigenvalue weighted by Gasteiger charge is -2.22. The van der Waals surface area contributed by atoms with Crippen LogP contribution in [0.15, 0.2) is 18.3 Å². The highest BCUT2D eigenvalue weighted by Crippen LogP contribution is 2.30. The number of rotatable bonds is 5. The zero-order valence-electron chi connectivity index (χ0n) is 10.2. The first kappa shape index (κ1) is 11.4. The number of pyridine rings is 1. The molecule has 1 heterocycles. The monoisotopic (exact) mass is 219 g/mol. The first-order valence-corrected chi connectivity index (χ1v) is 6.17. The van der Waals surface area contributed by atoms with Crippen LogP contribution in [0.4, 0.5) is 5.82 Å².